The maximum atomic E-state index is 11.0. The molecular weight excluding hydrogens is 246 g/mol. The number of nitro groups is 1. The molecule has 0 aliphatic carbocycles. The Morgan fingerprint density at radius 2 is 2.26 bits per heavy atom. The number of rotatable bonds is 5. The highest BCUT2D eigenvalue weighted by Gasteiger charge is 2.18. The van der Waals surface area contributed by atoms with E-state index in [9.17, 15) is 10.1 Å². The predicted molar refractivity (Wildman–Crippen MR) is 70.7 cm³/mol. The highest BCUT2D eigenvalue weighted by molar-refractivity contribution is 5.69. The zero-order chi connectivity index (χ0) is 13.8. The third-order valence-corrected chi connectivity index (χ3v) is 2.76. The van der Waals surface area contributed by atoms with Crippen LogP contribution in [-0.4, -0.2) is 16.5 Å². The summed E-state index contributed by atoms with van der Waals surface area (Å²) in [6.45, 7) is 2.43. The van der Waals surface area contributed by atoms with E-state index in [1.807, 2.05) is 6.92 Å². The predicted octanol–water partition coefficient (Wildman–Crippen LogP) is 2.45. The lowest BCUT2D eigenvalue weighted by Gasteiger charge is -2.00. The van der Waals surface area contributed by atoms with E-state index in [2.05, 4.69) is 4.98 Å². The van der Waals surface area contributed by atoms with Gasteiger partial charge < -0.3 is 10.2 Å². The molecule has 0 spiro atoms. The van der Waals surface area contributed by atoms with Crippen LogP contribution in [0.25, 0.3) is 11.3 Å². The standard InChI is InChI=1S/C13H15N3O3/c1-9-4-5-11(16(17)18)10(7-9)12-8-15-13(19-12)3-2-6-14/h4-5,7-8H,2-3,6,14H2,1H3. The van der Waals surface area contributed by atoms with Crippen LogP contribution in [-0.2, 0) is 6.42 Å². The summed E-state index contributed by atoms with van der Waals surface area (Å²) in [7, 11) is 0. The van der Waals surface area contributed by atoms with Gasteiger partial charge in [0, 0.05) is 12.5 Å². The van der Waals surface area contributed by atoms with Crippen molar-refractivity contribution in [1.29, 1.82) is 0 Å². The van der Waals surface area contributed by atoms with Crippen LogP contribution in [0.5, 0.6) is 0 Å². The van der Waals surface area contributed by atoms with Crippen LogP contribution in [0, 0.1) is 17.0 Å². The smallest absolute Gasteiger partial charge is 0.280 e. The largest absolute Gasteiger partial charge is 0.440 e. The topological polar surface area (TPSA) is 95.2 Å². The van der Waals surface area contributed by atoms with Crippen molar-refractivity contribution < 1.29 is 9.34 Å². The van der Waals surface area contributed by atoms with Crippen molar-refractivity contribution in [3.63, 3.8) is 0 Å². The van der Waals surface area contributed by atoms with Gasteiger partial charge in [-0.2, -0.15) is 0 Å². The Balaban J connectivity index is 2.37. The van der Waals surface area contributed by atoms with E-state index < -0.39 is 4.92 Å². The molecule has 0 aliphatic heterocycles. The molecule has 1 aromatic carbocycles. The molecule has 6 nitrogen and oxygen atoms in total. The molecule has 6 heteroatoms. The van der Waals surface area contributed by atoms with Crippen molar-refractivity contribution in [2.45, 2.75) is 19.8 Å². The van der Waals surface area contributed by atoms with Crippen molar-refractivity contribution >= 4 is 5.69 Å². The molecule has 0 fully saturated rings. The van der Waals surface area contributed by atoms with Gasteiger partial charge >= 0.3 is 0 Å². The van der Waals surface area contributed by atoms with Crippen LogP contribution in [0.2, 0.25) is 0 Å². The molecule has 0 amide bonds. The summed E-state index contributed by atoms with van der Waals surface area (Å²) in [6, 6.07) is 4.91. The number of oxazole rings is 1. The first kappa shape index (κ1) is 13.2. The minimum Gasteiger partial charge on any atom is -0.440 e. The molecule has 0 saturated carbocycles. The lowest BCUT2D eigenvalue weighted by atomic mass is 10.1. The Kier molecular flexibility index (Phi) is 3.91. The van der Waals surface area contributed by atoms with Gasteiger partial charge in [-0.05, 0) is 31.5 Å². The van der Waals surface area contributed by atoms with Crippen molar-refractivity contribution in [2.75, 3.05) is 6.54 Å². The van der Waals surface area contributed by atoms with E-state index in [1.54, 1.807) is 12.1 Å². The normalized spacial score (nSPS) is 10.6. The van der Waals surface area contributed by atoms with Crippen molar-refractivity contribution in [3.05, 3.63) is 46.0 Å². The quantitative estimate of drug-likeness (QED) is 0.658. The number of hydrogen-bond donors (Lipinski definition) is 1. The van der Waals surface area contributed by atoms with Crippen molar-refractivity contribution in [1.82, 2.24) is 4.98 Å². The van der Waals surface area contributed by atoms with Crippen LogP contribution in [0.1, 0.15) is 17.9 Å². The summed E-state index contributed by atoms with van der Waals surface area (Å²) in [5, 5.41) is 11.0. The molecule has 2 aromatic rings. The summed E-state index contributed by atoms with van der Waals surface area (Å²) in [4.78, 5) is 14.7. The van der Waals surface area contributed by atoms with Crippen molar-refractivity contribution in [2.24, 2.45) is 5.73 Å². The first-order chi connectivity index (χ1) is 9.11. The lowest BCUT2D eigenvalue weighted by molar-refractivity contribution is -0.384. The SMILES string of the molecule is Cc1ccc([N+](=O)[O-])c(-c2cnc(CCCN)o2)c1. The Morgan fingerprint density at radius 1 is 1.47 bits per heavy atom. The van der Waals surface area contributed by atoms with Crippen LogP contribution in [0.3, 0.4) is 0 Å². The van der Waals surface area contributed by atoms with Gasteiger partial charge in [-0.3, -0.25) is 10.1 Å². The second kappa shape index (κ2) is 5.62. The van der Waals surface area contributed by atoms with Crippen molar-refractivity contribution in [3.8, 4) is 11.3 Å². The van der Waals surface area contributed by atoms with Gasteiger partial charge in [-0.1, -0.05) is 6.07 Å². The van der Waals surface area contributed by atoms with E-state index in [1.165, 1.54) is 12.3 Å². The number of aryl methyl sites for hydroxylation is 2. The number of nitrogens with two attached hydrogens (primary N) is 1. The number of hydrogen-bond acceptors (Lipinski definition) is 5. The maximum Gasteiger partial charge on any atom is 0.280 e. The molecule has 2 rings (SSSR count). The fraction of sp³-hybridized carbons (Fsp3) is 0.308. The zero-order valence-corrected chi connectivity index (χ0v) is 10.6. The average Bonchev–Trinajstić information content (AvgIpc) is 2.84. The second-order valence-corrected chi connectivity index (χ2v) is 4.29. The Hall–Kier alpha value is -2.21. The minimum atomic E-state index is -0.420. The summed E-state index contributed by atoms with van der Waals surface area (Å²) in [5.74, 6) is 0.971. The molecule has 0 unspecified atom stereocenters. The summed E-state index contributed by atoms with van der Waals surface area (Å²) < 4.78 is 5.55. The molecule has 0 aliphatic rings. The summed E-state index contributed by atoms with van der Waals surface area (Å²) in [6.07, 6.45) is 2.93. The van der Waals surface area contributed by atoms with E-state index in [0.29, 0.717) is 30.2 Å². The fourth-order valence-electron chi connectivity index (χ4n) is 1.81. The average molecular weight is 261 g/mol. The molecule has 0 atom stereocenters. The van der Waals surface area contributed by atoms with E-state index in [4.69, 9.17) is 10.2 Å². The second-order valence-electron chi connectivity index (χ2n) is 4.29. The highest BCUT2D eigenvalue weighted by Crippen LogP contribution is 2.31. The zero-order valence-electron chi connectivity index (χ0n) is 10.6. The highest BCUT2D eigenvalue weighted by atomic mass is 16.6. The molecule has 100 valence electrons. The molecule has 0 saturated heterocycles. The number of benzene rings is 1. The van der Waals surface area contributed by atoms with Gasteiger partial charge in [0.05, 0.1) is 16.7 Å². The Labute approximate surface area is 110 Å². The number of nitrogens with zero attached hydrogens (tertiary/aromatic N) is 2. The maximum absolute atomic E-state index is 11.0. The Bertz CT molecular complexity index is 593. The van der Waals surface area contributed by atoms with Crippen LogP contribution in [0.15, 0.2) is 28.8 Å². The summed E-state index contributed by atoms with van der Waals surface area (Å²) in [5.41, 5.74) is 6.83. The molecule has 0 radical (unpaired) electrons. The molecule has 1 aromatic heterocycles. The monoisotopic (exact) mass is 261 g/mol. The van der Waals surface area contributed by atoms with Crippen LogP contribution in [0.4, 0.5) is 5.69 Å². The molecule has 2 N–H and O–H groups in total. The minimum absolute atomic E-state index is 0.0205. The molecule has 0 bridgehead atoms. The fourth-order valence-corrected chi connectivity index (χ4v) is 1.81. The molecule has 19 heavy (non-hydrogen) atoms. The molecule has 1 heterocycles. The summed E-state index contributed by atoms with van der Waals surface area (Å²) >= 11 is 0. The third kappa shape index (κ3) is 2.97. The number of aromatic nitrogens is 1. The van der Waals surface area contributed by atoms with Crippen LogP contribution < -0.4 is 5.73 Å². The van der Waals surface area contributed by atoms with Gasteiger partial charge in [-0.15, -0.1) is 0 Å². The van der Waals surface area contributed by atoms with Gasteiger partial charge in [0.2, 0.25) is 0 Å². The van der Waals surface area contributed by atoms with Gasteiger partial charge in [0.15, 0.2) is 11.7 Å². The first-order valence-corrected chi connectivity index (χ1v) is 6.02. The Morgan fingerprint density at radius 3 is 2.95 bits per heavy atom. The molecular formula is C13H15N3O3. The van der Waals surface area contributed by atoms with Gasteiger partial charge in [0.1, 0.15) is 0 Å². The van der Waals surface area contributed by atoms with E-state index >= 15 is 0 Å². The van der Waals surface area contributed by atoms with Gasteiger partial charge in [0.25, 0.3) is 5.69 Å². The lowest BCUT2D eigenvalue weighted by Crippen LogP contribution is -2.00. The number of nitro benzene ring substituents is 1. The van der Waals surface area contributed by atoms with Crippen LogP contribution >= 0.6 is 0 Å². The van der Waals surface area contributed by atoms with Gasteiger partial charge in [-0.25, -0.2) is 4.98 Å². The van der Waals surface area contributed by atoms with E-state index in [0.717, 1.165) is 12.0 Å². The first-order valence-electron chi connectivity index (χ1n) is 6.02. The third-order valence-electron chi connectivity index (χ3n) is 2.76. The van der Waals surface area contributed by atoms with E-state index in [-0.39, 0.29) is 5.69 Å².